The number of hydrogen-bond donors (Lipinski definition) is 1. The molecule has 1 aromatic carbocycles. The van der Waals surface area contributed by atoms with Gasteiger partial charge >= 0.3 is 5.97 Å². The molecular weight excluding hydrogens is 299 g/mol. The minimum atomic E-state index is -0.568. The summed E-state index contributed by atoms with van der Waals surface area (Å²) in [4.78, 5) is 11.6. The molecule has 2 aromatic rings. The zero-order valence-corrected chi connectivity index (χ0v) is 12.1. The number of nitrogens with zero attached hydrogens (tertiary/aromatic N) is 3. The first kappa shape index (κ1) is 15.4. The molecule has 0 spiro atoms. The third-order valence-corrected chi connectivity index (χ3v) is 3.20. The summed E-state index contributed by atoms with van der Waals surface area (Å²) in [5.41, 5.74) is 6.99. The van der Waals surface area contributed by atoms with Gasteiger partial charge in [0.2, 0.25) is 0 Å². The van der Waals surface area contributed by atoms with Crippen LogP contribution in [0.15, 0.2) is 18.2 Å². The number of esters is 1. The number of carbonyl (C=O) groups is 1. The van der Waals surface area contributed by atoms with E-state index in [0.29, 0.717) is 25.2 Å². The molecule has 0 saturated heterocycles. The molecule has 0 unspecified atom stereocenters. The quantitative estimate of drug-likeness (QED) is 0.844. The Kier molecular flexibility index (Phi) is 4.87. The minimum Gasteiger partial charge on any atom is -0.464 e. The molecule has 21 heavy (non-hydrogen) atoms. The fourth-order valence-corrected chi connectivity index (χ4v) is 2.11. The lowest BCUT2D eigenvalue weighted by Crippen LogP contribution is -2.14. The topological polar surface area (TPSA) is 83.0 Å². The SMILES string of the molecule is COC(=O)c1nnn(Cc2ccc(F)c(Cl)c2)c1CCN. The highest BCUT2D eigenvalue weighted by atomic mass is 35.5. The van der Waals surface area contributed by atoms with Crippen LogP contribution in [0.5, 0.6) is 0 Å². The first-order chi connectivity index (χ1) is 10.1. The van der Waals surface area contributed by atoms with Crippen molar-refractivity contribution in [2.24, 2.45) is 5.73 Å². The zero-order chi connectivity index (χ0) is 15.4. The average Bonchev–Trinajstić information content (AvgIpc) is 2.85. The Morgan fingerprint density at radius 3 is 2.90 bits per heavy atom. The third-order valence-electron chi connectivity index (χ3n) is 2.91. The highest BCUT2D eigenvalue weighted by Crippen LogP contribution is 2.17. The second-order valence-corrected chi connectivity index (χ2v) is 4.73. The molecule has 0 bridgehead atoms. The lowest BCUT2D eigenvalue weighted by molar-refractivity contribution is 0.0592. The predicted octanol–water partition coefficient (Wildman–Crippen LogP) is 1.41. The molecule has 1 heterocycles. The zero-order valence-electron chi connectivity index (χ0n) is 11.3. The van der Waals surface area contributed by atoms with Crippen molar-refractivity contribution in [1.82, 2.24) is 15.0 Å². The summed E-state index contributed by atoms with van der Waals surface area (Å²) in [5.74, 6) is -1.06. The lowest BCUT2D eigenvalue weighted by Gasteiger charge is -2.07. The summed E-state index contributed by atoms with van der Waals surface area (Å²) in [5, 5.41) is 7.77. The highest BCUT2D eigenvalue weighted by Gasteiger charge is 2.19. The largest absolute Gasteiger partial charge is 0.464 e. The van der Waals surface area contributed by atoms with Gasteiger partial charge in [0.15, 0.2) is 5.69 Å². The Morgan fingerprint density at radius 1 is 1.52 bits per heavy atom. The van der Waals surface area contributed by atoms with Gasteiger partial charge in [-0.25, -0.2) is 13.9 Å². The van der Waals surface area contributed by atoms with Crippen molar-refractivity contribution < 1.29 is 13.9 Å². The number of aromatic nitrogens is 3. The van der Waals surface area contributed by atoms with E-state index in [-0.39, 0.29) is 10.7 Å². The van der Waals surface area contributed by atoms with Crippen molar-refractivity contribution >= 4 is 17.6 Å². The molecule has 0 aliphatic rings. The Morgan fingerprint density at radius 2 is 2.29 bits per heavy atom. The van der Waals surface area contributed by atoms with E-state index in [1.165, 1.54) is 23.9 Å². The van der Waals surface area contributed by atoms with Crippen LogP contribution in [0.25, 0.3) is 0 Å². The number of benzene rings is 1. The molecule has 0 atom stereocenters. The monoisotopic (exact) mass is 312 g/mol. The molecule has 1 aromatic heterocycles. The maximum atomic E-state index is 13.1. The summed E-state index contributed by atoms with van der Waals surface area (Å²) in [6.45, 7) is 0.640. The van der Waals surface area contributed by atoms with E-state index in [1.54, 1.807) is 6.07 Å². The van der Waals surface area contributed by atoms with Crippen LogP contribution in [0.2, 0.25) is 5.02 Å². The average molecular weight is 313 g/mol. The third kappa shape index (κ3) is 3.37. The Balaban J connectivity index is 2.32. The lowest BCUT2D eigenvalue weighted by atomic mass is 10.2. The number of rotatable bonds is 5. The maximum Gasteiger partial charge on any atom is 0.360 e. The van der Waals surface area contributed by atoms with Crippen LogP contribution >= 0.6 is 11.6 Å². The van der Waals surface area contributed by atoms with Gasteiger partial charge in [0.1, 0.15) is 5.82 Å². The van der Waals surface area contributed by atoms with Gasteiger partial charge in [0.05, 0.1) is 24.4 Å². The van der Waals surface area contributed by atoms with Gasteiger partial charge in [0.25, 0.3) is 0 Å². The normalized spacial score (nSPS) is 10.7. The van der Waals surface area contributed by atoms with Crippen molar-refractivity contribution in [2.45, 2.75) is 13.0 Å². The molecule has 112 valence electrons. The van der Waals surface area contributed by atoms with Crippen LogP contribution < -0.4 is 5.73 Å². The summed E-state index contributed by atoms with van der Waals surface area (Å²) >= 11 is 5.74. The van der Waals surface area contributed by atoms with Crippen LogP contribution in [-0.4, -0.2) is 34.6 Å². The van der Waals surface area contributed by atoms with Crippen molar-refractivity contribution in [2.75, 3.05) is 13.7 Å². The van der Waals surface area contributed by atoms with Gasteiger partial charge in [-0.15, -0.1) is 5.10 Å². The molecule has 0 aliphatic heterocycles. The number of methoxy groups -OCH3 is 1. The van der Waals surface area contributed by atoms with Crippen LogP contribution in [0.4, 0.5) is 4.39 Å². The summed E-state index contributed by atoms with van der Waals surface area (Å²) in [6, 6.07) is 4.37. The molecule has 0 aliphatic carbocycles. The number of halogens is 2. The maximum absolute atomic E-state index is 13.1. The molecule has 2 rings (SSSR count). The van der Waals surface area contributed by atoms with E-state index >= 15 is 0 Å². The van der Waals surface area contributed by atoms with Crippen molar-refractivity contribution in [3.8, 4) is 0 Å². The Labute approximate surface area is 125 Å². The molecule has 8 heteroatoms. The van der Waals surface area contributed by atoms with Gasteiger partial charge in [0, 0.05) is 6.42 Å². The van der Waals surface area contributed by atoms with Crippen LogP contribution in [-0.2, 0) is 17.7 Å². The minimum absolute atomic E-state index is 0.0289. The number of nitrogens with two attached hydrogens (primary N) is 1. The van der Waals surface area contributed by atoms with E-state index in [4.69, 9.17) is 17.3 Å². The second-order valence-electron chi connectivity index (χ2n) is 4.32. The number of carbonyl (C=O) groups excluding carboxylic acids is 1. The van der Waals surface area contributed by atoms with Crippen molar-refractivity contribution in [3.63, 3.8) is 0 Å². The highest BCUT2D eigenvalue weighted by molar-refractivity contribution is 6.30. The standard InChI is InChI=1S/C13H14ClFN4O2/c1-21-13(20)12-11(4-5-16)19(18-17-12)7-8-2-3-10(15)9(14)6-8/h2-3,6H,4-5,7,16H2,1H3. The second kappa shape index (κ2) is 6.64. The Bertz CT molecular complexity index is 660. The molecule has 0 fully saturated rings. The summed E-state index contributed by atoms with van der Waals surface area (Å²) in [6.07, 6.45) is 0.423. The summed E-state index contributed by atoms with van der Waals surface area (Å²) in [7, 11) is 1.27. The molecule has 0 radical (unpaired) electrons. The fraction of sp³-hybridized carbons (Fsp3) is 0.308. The van der Waals surface area contributed by atoms with E-state index in [1.807, 2.05) is 0 Å². The smallest absolute Gasteiger partial charge is 0.360 e. The molecule has 6 nitrogen and oxygen atoms in total. The first-order valence-electron chi connectivity index (χ1n) is 6.21. The molecule has 0 saturated carbocycles. The van der Waals surface area contributed by atoms with E-state index in [2.05, 4.69) is 15.0 Å². The summed E-state index contributed by atoms with van der Waals surface area (Å²) < 4.78 is 19.3. The molecule has 2 N–H and O–H groups in total. The van der Waals surface area contributed by atoms with E-state index < -0.39 is 11.8 Å². The van der Waals surface area contributed by atoms with E-state index in [9.17, 15) is 9.18 Å². The molecular formula is C13H14ClFN4O2. The van der Waals surface area contributed by atoms with E-state index in [0.717, 1.165) is 5.56 Å². The van der Waals surface area contributed by atoms with Gasteiger partial charge < -0.3 is 10.5 Å². The van der Waals surface area contributed by atoms with Gasteiger partial charge in [-0.1, -0.05) is 22.9 Å². The van der Waals surface area contributed by atoms with Gasteiger partial charge in [-0.05, 0) is 24.2 Å². The number of ether oxygens (including phenoxy) is 1. The predicted molar refractivity (Wildman–Crippen MR) is 74.6 cm³/mol. The first-order valence-corrected chi connectivity index (χ1v) is 6.59. The fourth-order valence-electron chi connectivity index (χ4n) is 1.91. The number of hydrogen-bond acceptors (Lipinski definition) is 5. The van der Waals surface area contributed by atoms with Gasteiger partial charge in [-0.3, -0.25) is 0 Å². The van der Waals surface area contributed by atoms with Gasteiger partial charge in [-0.2, -0.15) is 0 Å². The molecule has 0 amide bonds. The Hall–Kier alpha value is -1.99. The van der Waals surface area contributed by atoms with Crippen molar-refractivity contribution in [3.05, 3.63) is 46.0 Å². The van der Waals surface area contributed by atoms with Crippen LogP contribution in [0.1, 0.15) is 21.7 Å². The van der Waals surface area contributed by atoms with Crippen LogP contribution in [0, 0.1) is 5.82 Å². The van der Waals surface area contributed by atoms with Crippen molar-refractivity contribution in [1.29, 1.82) is 0 Å². The van der Waals surface area contributed by atoms with Crippen LogP contribution in [0.3, 0.4) is 0 Å².